The summed E-state index contributed by atoms with van der Waals surface area (Å²) in [5.41, 5.74) is 2.36. The molecule has 0 unspecified atom stereocenters. The van der Waals surface area contributed by atoms with Gasteiger partial charge in [-0.2, -0.15) is 5.10 Å². The number of esters is 1. The molecule has 0 fully saturated rings. The number of rotatable bonds is 5. The smallest absolute Gasteiger partial charge is 0.327 e. The number of aromatic nitrogens is 2. The maximum Gasteiger partial charge on any atom is 0.327 e. The molecule has 1 atom stereocenters. The Labute approximate surface area is 177 Å². The molecule has 0 aliphatic carbocycles. The van der Waals surface area contributed by atoms with Gasteiger partial charge in [-0.15, -0.1) is 11.8 Å². The van der Waals surface area contributed by atoms with Crippen molar-refractivity contribution in [3.8, 4) is 0 Å². The predicted octanol–water partition coefficient (Wildman–Crippen LogP) is 3.28. The van der Waals surface area contributed by atoms with Crippen LogP contribution in [0, 0.1) is 0 Å². The maximum atomic E-state index is 12.7. The van der Waals surface area contributed by atoms with Crippen LogP contribution in [0.4, 0.5) is 11.4 Å². The monoisotopic (exact) mass is 424 g/mol. The number of thioether (sulfide) groups is 1. The Morgan fingerprint density at radius 2 is 2.10 bits per heavy atom. The third-order valence-corrected chi connectivity index (χ3v) is 5.84. The maximum absolute atomic E-state index is 12.7. The van der Waals surface area contributed by atoms with Gasteiger partial charge in [-0.25, -0.2) is 0 Å². The zero-order valence-electron chi connectivity index (χ0n) is 16.5. The molecule has 0 saturated heterocycles. The second kappa shape index (κ2) is 8.19. The number of hydrogen-bond donors (Lipinski definition) is 2. The van der Waals surface area contributed by atoms with Crippen molar-refractivity contribution in [2.75, 3.05) is 17.2 Å². The van der Waals surface area contributed by atoms with E-state index >= 15 is 0 Å². The number of fused-ring (bicyclic) bond motifs is 2. The van der Waals surface area contributed by atoms with Gasteiger partial charge < -0.3 is 15.4 Å². The van der Waals surface area contributed by atoms with Gasteiger partial charge in [0.15, 0.2) is 0 Å². The molecule has 0 saturated carbocycles. The van der Waals surface area contributed by atoms with Gasteiger partial charge >= 0.3 is 5.97 Å². The van der Waals surface area contributed by atoms with Gasteiger partial charge in [0.1, 0.15) is 6.54 Å². The second-order valence-electron chi connectivity index (χ2n) is 6.80. The summed E-state index contributed by atoms with van der Waals surface area (Å²) in [6.07, 6.45) is 1.66. The van der Waals surface area contributed by atoms with Crippen LogP contribution in [-0.4, -0.2) is 39.4 Å². The predicted molar refractivity (Wildman–Crippen MR) is 115 cm³/mol. The first-order valence-electron chi connectivity index (χ1n) is 9.48. The number of amides is 2. The van der Waals surface area contributed by atoms with Crippen LogP contribution >= 0.6 is 11.8 Å². The fourth-order valence-electron chi connectivity index (χ4n) is 3.16. The van der Waals surface area contributed by atoms with Gasteiger partial charge in [0.2, 0.25) is 5.91 Å². The van der Waals surface area contributed by atoms with Crippen molar-refractivity contribution in [2.45, 2.75) is 30.5 Å². The fourth-order valence-corrected chi connectivity index (χ4v) is 4.09. The van der Waals surface area contributed by atoms with E-state index in [-0.39, 0.29) is 29.6 Å². The van der Waals surface area contributed by atoms with Crippen LogP contribution in [0.5, 0.6) is 0 Å². The highest BCUT2D eigenvalue weighted by Crippen LogP contribution is 2.36. The van der Waals surface area contributed by atoms with Crippen LogP contribution in [0.2, 0.25) is 0 Å². The Morgan fingerprint density at radius 1 is 1.27 bits per heavy atom. The van der Waals surface area contributed by atoms with E-state index in [1.165, 1.54) is 16.4 Å². The van der Waals surface area contributed by atoms with E-state index in [1.807, 2.05) is 19.1 Å². The Morgan fingerprint density at radius 3 is 2.90 bits per heavy atom. The van der Waals surface area contributed by atoms with Crippen molar-refractivity contribution in [1.29, 1.82) is 0 Å². The van der Waals surface area contributed by atoms with E-state index in [0.29, 0.717) is 29.1 Å². The molecule has 154 valence electrons. The minimum absolute atomic E-state index is 0.00461. The van der Waals surface area contributed by atoms with E-state index in [4.69, 9.17) is 4.74 Å². The summed E-state index contributed by atoms with van der Waals surface area (Å²) >= 11 is 1.47. The molecule has 0 radical (unpaired) electrons. The molecule has 0 spiro atoms. The number of nitrogens with one attached hydrogen (secondary N) is 2. The zero-order valence-corrected chi connectivity index (χ0v) is 17.3. The summed E-state index contributed by atoms with van der Waals surface area (Å²) < 4.78 is 6.51. The Hall–Kier alpha value is -3.33. The highest BCUT2D eigenvalue weighted by Gasteiger charge is 2.23. The summed E-state index contributed by atoms with van der Waals surface area (Å²) in [7, 11) is 0. The molecule has 2 aromatic carbocycles. The highest BCUT2D eigenvalue weighted by atomic mass is 32.2. The minimum Gasteiger partial charge on any atom is -0.465 e. The normalized spacial score (nSPS) is 15.4. The zero-order chi connectivity index (χ0) is 21.3. The summed E-state index contributed by atoms with van der Waals surface area (Å²) in [5.74, 6) is -0.753. The molecule has 1 aliphatic heterocycles. The van der Waals surface area contributed by atoms with Crippen molar-refractivity contribution in [1.82, 2.24) is 9.78 Å². The Bertz CT molecular complexity index is 1160. The molecule has 2 N–H and O–H groups in total. The van der Waals surface area contributed by atoms with Gasteiger partial charge in [0.25, 0.3) is 5.91 Å². The molecular formula is C21H20N4O4S. The fraction of sp³-hybridized carbons (Fsp3) is 0.238. The summed E-state index contributed by atoms with van der Waals surface area (Å²) in [5, 5.41) is 10.6. The lowest BCUT2D eigenvalue weighted by Crippen LogP contribution is -2.26. The van der Waals surface area contributed by atoms with Gasteiger partial charge in [-0.1, -0.05) is 0 Å². The van der Waals surface area contributed by atoms with Gasteiger partial charge in [0, 0.05) is 21.5 Å². The molecular weight excluding hydrogens is 404 g/mol. The molecule has 0 bridgehead atoms. The topological polar surface area (TPSA) is 102 Å². The van der Waals surface area contributed by atoms with Crippen molar-refractivity contribution < 1.29 is 19.1 Å². The summed E-state index contributed by atoms with van der Waals surface area (Å²) in [4.78, 5) is 37.4. The average molecular weight is 424 g/mol. The lowest BCUT2D eigenvalue weighted by molar-refractivity contribution is -0.143. The number of anilines is 2. The molecule has 30 heavy (non-hydrogen) atoms. The van der Waals surface area contributed by atoms with Crippen LogP contribution in [0.3, 0.4) is 0 Å². The second-order valence-corrected chi connectivity index (χ2v) is 8.18. The lowest BCUT2D eigenvalue weighted by Gasteiger charge is -2.21. The number of benzene rings is 2. The van der Waals surface area contributed by atoms with Crippen LogP contribution < -0.4 is 10.6 Å². The number of nitrogens with zero attached hydrogens (tertiary/aromatic N) is 2. The van der Waals surface area contributed by atoms with Crippen molar-refractivity contribution in [3.63, 3.8) is 0 Å². The van der Waals surface area contributed by atoms with Crippen LogP contribution in [0.1, 0.15) is 24.2 Å². The first kappa shape index (κ1) is 20.0. The molecule has 2 amide bonds. The standard InChI is InChI=1S/C21H20N4O4S/c1-3-29-19(26)11-25-17-9-15(6-4-14(17)10-22-25)23-21(28)13-5-7-18-16(8-13)24-20(27)12(2)30-18/h4-10,12H,3,11H2,1-2H3,(H,23,28)(H,24,27)/t12-/m0/s1. The lowest BCUT2D eigenvalue weighted by atomic mass is 10.1. The first-order chi connectivity index (χ1) is 14.4. The molecule has 1 aromatic heterocycles. The molecule has 9 heteroatoms. The summed E-state index contributed by atoms with van der Waals surface area (Å²) in [6, 6.07) is 10.6. The third kappa shape index (κ3) is 4.02. The van der Waals surface area contributed by atoms with E-state index in [9.17, 15) is 14.4 Å². The van der Waals surface area contributed by atoms with Crippen molar-refractivity contribution in [3.05, 3.63) is 48.2 Å². The Balaban J connectivity index is 1.54. The number of carbonyl (C=O) groups is 3. The van der Waals surface area contributed by atoms with Gasteiger partial charge in [-0.05, 0) is 50.2 Å². The van der Waals surface area contributed by atoms with E-state index in [2.05, 4.69) is 15.7 Å². The van der Waals surface area contributed by atoms with Gasteiger partial charge in [-0.3, -0.25) is 19.1 Å². The van der Waals surface area contributed by atoms with Crippen LogP contribution in [-0.2, 0) is 20.9 Å². The molecule has 8 nitrogen and oxygen atoms in total. The van der Waals surface area contributed by atoms with Crippen LogP contribution in [0.25, 0.3) is 10.9 Å². The number of hydrogen-bond acceptors (Lipinski definition) is 6. The first-order valence-corrected chi connectivity index (χ1v) is 10.4. The SMILES string of the molecule is CCOC(=O)Cn1ncc2ccc(NC(=O)c3ccc4c(c3)NC(=O)[C@H](C)S4)cc21. The largest absolute Gasteiger partial charge is 0.465 e. The van der Waals surface area contributed by atoms with E-state index in [0.717, 1.165) is 10.3 Å². The van der Waals surface area contributed by atoms with Crippen molar-refractivity contribution >= 4 is 51.8 Å². The minimum atomic E-state index is -0.375. The average Bonchev–Trinajstić information content (AvgIpc) is 3.10. The molecule has 1 aliphatic rings. The molecule has 4 rings (SSSR count). The van der Waals surface area contributed by atoms with Crippen LogP contribution in [0.15, 0.2) is 47.5 Å². The highest BCUT2D eigenvalue weighted by molar-refractivity contribution is 8.00. The molecule has 3 aromatic rings. The van der Waals surface area contributed by atoms with Gasteiger partial charge in [0.05, 0.1) is 29.3 Å². The van der Waals surface area contributed by atoms with E-state index < -0.39 is 0 Å². The van der Waals surface area contributed by atoms with E-state index in [1.54, 1.807) is 37.4 Å². The third-order valence-electron chi connectivity index (χ3n) is 4.66. The van der Waals surface area contributed by atoms with Crippen molar-refractivity contribution in [2.24, 2.45) is 0 Å². The molecule has 2 heterocycles. The number of carbonyl (C=O) groups excluding carboxylic acids is 3. The number of ether oxygens (including phenoxy) is 1. The Kier molecular flexibility index (Phi) is 5.45. The quantitative estimate of drug-likeness (QED) is 0.610. The summed E-state index contributed by atoms with van der Waals surface area (Å²) in [6.45, 7) is 3.89.